The van der Waals surface area contributed by atoms with E-state index in [1.807, 2.05) is 17.5 Å². The van der Waals surface area contributed by atoms with E-state index in [4.69, 9.17) is 16.3 Å². The highest BCUT2D eigenvalue weighted by Gasteiger charge is 2.22. The molecular weight excluding hydrogens is 402 g/mol. The van der Waals surface area contributed by atoms with Gasteiger partial charge in [0.25, 0.3) is 0 Å². The van der Waals surface area contributed by atoms with Crippen molar-refractivity contribution < 1.29 is 14.3 Å². The molecule has 1 heterocycles. The summed E-state index contributed by atoms with van der Waals surface area (Å²) in [5.74, 6) is -0.133. The lowest BCUT2D eigenvalue weighted by atomic mass is 10.1. The fourth-order valence-electron chi connectivity index (χ4n) is 2.35. The lowest BCUT2D eigenvalue weighted by Gasteiger charge is -2.14. The van der Waals surface area contributed by atoms with Gasteiger partial charge in [-0.25, -0.2) is 9.78 Å². The molecule has 0 bridgehead atoms. The summed E-state index contributed by atoms with van der Waals surface area (Å²) in [6.07, 6.45) is -0.893. The number of esters is 1. The Morgan fingerprint density at radius 1 is 1.19 bits per heavy atom. The summed E-state index contributed by atoms with van der Waals surface area (Å²) in [6, 6.07) is 13.7. The van der Waals surface area contributed by atoms with Crippen LogP contribution >= 0.6 is 34.7 Å². The minimum absolute atomic E-state index is 0.271. The first-order chi connectivity index (χ1) is 13.0. The van der Waals surface area contributed by atoms with Gasteiger partial charge >= 0.3 is 5.97 Å². The van der Waals surface area contributed by atoms with Gasteiger partial charge in [0, 0.05) is 26.6 Å². The minimum atomic E-state index is -0.893. The number of ether oxygens (including phenoxy) is 1. The first kappa shape index (κ1) is 19.6. The molecule has 2 aromatic carbocycles. The second kappa shape index (κ2) is 9.17. The number of hydrogen-bond acceptors (Lipinski definition) is 6. The maximum atomic E-state index is 12.6. The number of thioether (sulfide) groups is 1. The standard InChI is InChI=1S/C20H16ClNO3S2/c1-13(19(23)14-6-8-15(21)9-7-14)25-20(24)17-4-2-3-5-18(17)27-11-16-10-26-12-22-16/h2-10,12-13H,11H2,1H3. The van der Waals surface area contributed by atoms with Crippen molar-refractivity contribution in [1.29, 1.82) is 0 Å². The smallest absolute Gasteiger partial charge is 0.339 e. The summed E-state index contributed by atoms with van der Waals surface area (Å²) < 4.78 is 5.41. The van der Waals surface area contributed by atoms with E-state index in [1.165, 1.54) is 23.1 Å². The van der Waals surface area contributed by atoms with Gasteiger partial charge in [0.1, 0.15) is 0 Å². The highest BCUT2D eigenvalue weighted by Crippen LogP contribution is 2.27. The Labute approximate surface area is 170 Å². The van der Waals surface area contributed by atoms with Crippen LogP contribution in [0.1, 0.15) is 33.3 Å². The molecule has 0 saturated carbocycles. The van der Waals surface area contributed by atoms with Crippen LogP contribution in [0.25, 0.3) is 0 Å². The quantitative estimate of drug-likeness (QED) is 0.288. The molecule has 0 aliphatic rings. The normalized spacial score (nSPS) is 11.8. The minimum Gasteiger partial charge on any atom is -0.451 e. The molecule has 1 unspecified atom stereocenters. The van der Waals surface area contributed by atoms with Crippen LogP contribution in [0.2, 0.25) is 5.02 Å². The number of halogens is 1. The van der Waals surface area contributed by atoms with E-state index in [0.29, 0.717) is 21.9 Å². The van der Waals surface area contributed by atoms with E-state index in [-0.39, 0.29) is 5.78 Å². The summed E-state index contributed by atoms with van der Waals surface area (Å²) in [7, 11) is 0. The van der Waals surface area contributed by atoms with Crippen molar-refractivity contribution in [3.8, 4) is 0 Å². The second-order valence-electron chi connectivity index (χ2n) is 5.68. The highest BCUT2D eigenvalue weighted by molar-refractivity contribution is 7.98. The van der Waals surface area contributed by atoms with Gasteiger partial charge in [-0.2, -0.15) is 0 Å². The zero-order chi connectivity index (χ0) is 19.2. The van der Waals surface area contributed by atoms with Gasteiger partial charge in [-0.1, -0.05) is 23.7 Å². The van der Waals surface area contributed by atoms with Crippen molar-refractivity contribution in [1.82, 2.24) is 4.98 Å². The highest BCUT2D eigenvalue weighted by atomic mass is 35.5. The molecule has 4 nitrogen and oxygen atoms in total. The topological polar surface area (TPSA) is 56.3 Å². The van der Waals surface area contributed by atoms with E-state index in [0.717, 1.165) is 10.6 Å². The average Bonchev–Trinajstić information content (AvgIpc) is 3.20. The number of hydrogen-bond donors (Lipinski definition) is 0. The van der Waals surface area contributed by atoms with Crippen LogP contribution in [0.15, 0.2) is 64.3 Å². The summed E-state index contributed by atoms with van der Waals surface area (Å²) >= 11 is 8.89. The molecule has 0 spiro atoms. The molecule has 0 fully saturated rings. The van der Waals surface area contributed by atoms with E-state index < -0.39 is 12.1 Å². The fraction of sp³-hybridized carbons (Fsp3) is 0.150. The number of thiazole rings is 1. The van der Waals surface area contributed by atoms with Crippen molar-refractivity contribution in [2.45, 2.75) is 23.7 Å². The van der Waals surface area contributed by atoms with E-state index in [1.54, 1.807) is 48.8 Å². The molecule has 0 aliphatic heterocycles. The Morgan fingerprint density at radius 2 is 1.93 bits per heavy atom. The van der Waals surface area contributed by atoms with E-state index >= 15 is 0 Å². The number of carbonyl (C=O) groups is 2. The van der Waals surface area contributed by atoms with Gasteiger partial charge in [-0.05, 0) is 43.3 Å². The van der Waals surface area contributed by atoms with E-state index in [9.17, 15) is 9.59 Å². The van der Waals surface area contributed by atoms with Crippen LogP contribution in [-0.4, -0.2) is 22.8 Å². The average molecular weight is 418 g/mol. The number of nitrogens with zero attached hydrogens (tertiary/aromatic N) is 1. The molecule has 0 N–H and O–H groups in total. The van der Waals surface area contributed by atoms with Crippen LogP contribution in [0, 0.1) is 0 Å². The largest absolute Gasteiger partial charge is 0.451 e. The van der Waals surface area contributed by atoms with E-state index in [2.05, 4.69) is 4.98 Å². The number of rotatable bonds is 7. The third kappa shape index (κ3) is 5.19. The van der Waals surface area contributed by atoms with Gasteiger partial charge < -0.3 is 4.74 Å². The summed E-state index contributed by atoms with van der Waals surface area (Å²) in [4.78, 5) is 30.1. The molecule has 27 heavy (non-hydrogen) atoms. The molecule has 0 radical (unpaired) electrons. The molecule has 1 aromatic heterocycles. The lowest BCUT2D eigenvalue weighted by Crippen LogP contribution is -2.24. The molecule has 138 valence electrons. The Morgan fingerprint density at radius 3 is 2.63 bits per heavy atom. The number of Topliss-reactive ketones (excluding diaryl/α,β-unsaturated/α-hetero) is 1. The van der Waals surface area contributed by atoms with Crippen LogP contribution in [0.5, 0.6) is 0 Å². The molecule has 0 amide bonds. The summed E-state index contributed by atoms with van der Waals surface area (Å²) in [5.41, 5.74) is 3.62. The monoisotopic (exact) mass is 417 g/mol. The zero-order valence-corrected chi connectivity index (χ0v) is 16.8. The van der Waals surface area contributed by atoms with Gasteiger partial charge in [0.15, 0.2) is 6.10 Å². The zero-order valence-electron chi connectivity index (χ0n) is 14.4. The van der Waals surface area contributed by atoms with Gasteiger partial charge in [-0.15, -0.1) is 23.1 Å². The van der Waals surface area contributed by atoms with Crippen molar-refractivity contribution in [2.75, 3.05) is 0 Å². The number of benzene rings is 2. The molecule has 3 rings (SSSR count). The number of aromatic nitrogens is 1. The molecule has 0 aliphatic carbocycles. The Bertz CT molecular complexity index is 927. The van der Waals surface area contributed by atoms with Crippen LogP contribution in [0.4, 0.5) is 0 Å². The molecular formula is C20H16ClNO3S2. The molecule has 1 atom stereocenters. The predicted octanol–water partition coefficient (Wildman–Crippen LogP) is 5.52. The van der Waals surface area contributed by atoms with Crippen molar-refractivity contribution in [3.63, 3.8) is 0 Å². The van der Waals surface area contributed by atoms with Crippen LogP contribution < -0.4 is 0 Å². The first-order valence-electron chi connectivity index (χ1n) is 8.14. The second-order valence-corrected chi connectivity index (χ2v) is 7.86. The van der Waals surface area contributed by atoms with Crippen molar-refractivity contribution >= 4 is 46.5 Å². The van der Waals surface area contributed by atoms with Crippen molar-refractivity contribution in [3.05, 3.63) is 81.3 Å². The van der Waals surface area contributed by atoms with Crippen LogP contribution in [-0.2, 0) is 10.5 Å². The molecule has 0 saturated heterocycles. The summed E-state index contributed by atoms with van der Waals surface area (Å²) in [6.45, 7) is 1.57. The maximum absolute atomic E-state index is 12.6. The molecule has 3 aromatic rings. The first-order valence-corrected chi connectivity index (χ1v) is 10.4. The number of carbonyl (C=O) groups excluding carboxylic acids is 2. The third-order valence-electron chi connectivity index (χ3n) is 3.75. The van der Waals surface area contributed by atoms with Crippen LogP contribution in [0.3, 0.4) is 0 Å². The molecule has 7 heteroatoms. The Balaban J connectivity index is 1.68. The lowest BCUT2D eigenvalue weighted by molar-refractivity contribution is 0.0315. The third-order valence-corrected chi connectivity index (χ3v) is 5.74. The van der Waals surface area contributed by atoms with Gasteiger partial charge in [0.2, 0.25) is 5.78 Å². The summed E-state index contributed by atoms with van der Waals surface area (Å²) in [5, 5.41) is 2.52. The maximum Gasteiger partial charge on any atom is 0.339 e. The van der Waals surface area contributed by atoms with Gasteiger partial charge in [-0.3, -0.25) is 4.79 Å². The fourth-order valence-corrected chi connectivity index (χ4v) is 4.08. The van der Waals surface area contributed by atoms with Crippen molar-refractivity contribution in [2.24, 2.45) is 0 Å². The Hall–Kier alpha value is -2.15. The predicted molar refractivity (Wildman–Crippen MR) is 109 cm³/mol. The van der Waals surface area contributed by atoms with Gasteiger partial charge in [0.05, 0.1) is 16.8 Å². The SMILES string of the molecule is CC(OC(=O)c1ccccc1SCc1cscn1)C(=O)c1ccc(Cl)cc1. The number of ketones is 1. The Kier molecular flexibility index (Phi) is 6.66.